The number of likely N-dealkylation sites (tertiary alicyclic amines) is 1. The summed E-state index contributed by atoms with van der Waals surface area (Å²) in [6.07, 6.45) is 5.25. The lowest BCUT2D eigenvalue weighted by atomic mass is 9.92. The van der Waals surface area contributed by atoms with Crippen molar-refractivity contribution in [1.82, 2.24) is 9.88 Å². The molecule has 2 unspecified atom stereocenters. The van der Waals surface area contributed by atoms with Crippen LogP contribution in [0.2, 0.25) is 0 Å². The lowest BCUT2D eigenvalue weighted by Crippen LogP contribution is -2.49. The van der Waals surface area contributed by atoms with E-state index in [9.17, 15) is 4.79 Å². The molecule has 0 saturated carbocycles. The van der Waals surface area contributed by atoms with Gasteiger partial charge in [0.1, 0.15) is 17.0 Å². The van der Waals surface area contributed by atoms with E-state index in [0.717, 1.165) is 30.0 Å². The molecule has 3 heterocycles. The number of carbonyl (C=O) groups is 1. The van der Waals surface area contributed by atoms with Gasteiger partial charge in [0.25, 0.3) is 5.91 Å². The first-order valence-electron chi connectivity index (χ1n) is 7.18. The largest absolute Gasteiger partial charge is 0.472 e. The summed E-state index contributed by atoms with van der Waals surface area (Å²) in [6, 6.07) is 1.97. The standard InChI is InChI=1S/C15H19N3O2S.2ClH/c1-10-2-4-18(12(6-10)7-16)15(19)13-9-21-14(17-13)11-3-5-20-8-11;;/h3,5,8-10,12H,2,4,6-7,16H2,1H3;2*1H. The zero-order chi connectivity index (χ0) is 14.8. The molecule has 2 aromatic rings. The highest BCUT2D eigenvalue weighted by Gasteiger charge is 2.30. The predicted molar refractivity (Wildman–Crippen MR) is 96.6 cm³/mol. The van der Waals surface area contributed by atoms with E-state index in [2.05, 4.69) is 11.9 Å². The van der Waals surface area contributed by atoms with Crippen LogP contribution in [0.25, 0.3) is 10.6 Å². The van der Waals surface area contributed by atoms with Gasteiger partial charge < -0.3 is 15.1 Å². The van der Waals surface area contributed by atoms with Crippen molar-refractivity contribution in [2.75, 3.05) is 13.1 Å². The summed E-state index contributed by atoms with van der Waals surface area (Å²) in [4.78, 5) is 19.0. The maximum absolute atomic E-state index is 12.6. The van der Waals surface area contributed by atoms with Crippen molar-refractivity contribution in [3.05, 3.63) is 29.7 Å². The first-order chi connectivity index (χ1) is 10.2. The molecule has 0 radical (unpaired) electrons. The molecular weight excluding hydrogens is 357 g/mol. The molecule has 1 amide bonds. The van der Waals surface area contributed by atoms with E-state index < -0.39 is 0 Å². The number of aromatic nitrogens is 1. The van der Waals surface area contributed by atoms with Gasteiger partial charge in [0.05, 0.1) is 6.26 Å². The first-order valence-corrected chi connectivity index (χ1v) is 8.06. The lowest BCUT2D eigenvalue weighted by Gasteiger charge is -2.37. The van der Waals surface area contributed by atoms with Crippen LogP contribution < -0.4 is 5.73 Å². The average Bonchev–Trinajstić information content (AvgIpc) is 3.17. The molecule has 2 atom stereocenters. The number of rotatable bonds is 3. The fourth-order valence-corrected chi connectivity index (χ4v) is 3.56. The van der Waals surface area contributed by atoms with Gasteiger partial charge in [0.15, 0.2) is 0 Å². The normalized spacial score (nSPS) is 20.5. The summed E-state index contributed by atoms with van der Waals surface area (Å²) < 4.78 is 5.06. The summed E-state index contributed by atoms with van der Waals surface area (Å²) in [5.41, 5.74) is 7.24. The molecule has 1 saturated heterocycles. The smallest absolute Gasteiger partial charge is 0.273 e. The lowest BCUT2D eigenvalue weighted by molar-refractivity contribution is 0.0568. The zero-order valence-electron chi connectivity index (χ0n) is 12.8. The predicted octanol–water partition coefficient (Wildman–Crippen LogP) is 3.45. The third-order valence-corrected chi connectivity index (χ3v) is 4.89. The molecule has 128 valence electrons. The summed E-state index contributed by atoms with van der Waals surface area (Å²) in [5, 5.41) is 2.62. The highest BCUT2D eigenvalue weighted by molar-refractivity contribution is 7.13. The maximum atomic E-state index is 12.6. The second kappa shape index (κ2) is 8.68. The second-order valence-electron chi connectivity index (χ2n) is 5.57. The van der Waals surface area contributed by atoms with Crippen molar-refractivity contribution in [2.45, 2.75) is 25.8 Å². The topological polar surface area (TPSA) is 72.4 Å². The Morgan fingerprint density at radius 1 is 1.52 bits per heavy atom. The number of hydrogen-bond acceptors (Lipinski definition) is 5. The van der Waals surface area contributed by atoms with E-state index in [1.54, 1.807) is 12.5 Å². The number of thiazole rings is 1. The van der Waals surface area contributed by atoms with E-state index >= 15 is 0 Å². The van der Waals surface area contributed by atoms with Crippen LogP contribution >= 0.6 is 36.2 Å². The molecule has 1 fully saturated rings. The molecule has 0 aliphatic carbocycles. The van der Waals surface area contributed by atoms with Gasteiger partial charge in [-0.25, -0.2) is 4.98 Å². The van der Waals surface area contributed by atoms with E-state index in [1.165, 1.54) is 11.3 Å². The van der Waals surface area contributed by atoms with Crippen molar-refractivity contribution in [1.29, 1.82) is 0 Å². The number of carbonyl (C=O) groups excluding carboxylic acids is 1. The number of hydrogen-bond donors (Lipinski definition) is 1. The van der Waals surface area contributed by atoms with Gasteiger partial charge in [-0.2, -0.15) is 0 Å². The van der Waals surface area contributed by atoms with Crippen LogP contribution in [0, 0.1) is 5.92 Å². The van der Waals surface area contributed by atoms with Crippen LogP contribution in [0.1, 0.15) is 30.3 Å². The molecule has 5 nitrogen and oxygen atoms in total. The number of halogens is 2. The fraction of sp³-hybridized carbons (Fsp3) is 0.467. The number of nitrogens with two attached hydrogens (primary N) is 1. The van der Waals surface area contributed by atoms with Crippen LogP contribution in [0.15, 0.2) is 28.4 Å². The summed E-state index contributed by atoms with van der Waals surface area (Å²) in [5.74, 6) is 0.614. The van der Waals surface area contributed by atoms with Gasteiger partial charge in [-0.05, 0) is 24.8 Å². The van der Waals surface area contributed by atoms with Crippen LogP contribution in [0.4, 0.5) is 0 Å². The first kappa shape index (κ1) is 20.0. The Morgan fingerprint density at radius 2 is 2.30 bits per heavy atom. The van der Waals surface area contributed by atoms with Gasteiger partial charge in [0, 0.05) is 30.1 Å². The number of furan rings is 1. The number of amides is 1. The molecular formula is C15H21Cl2N3O2S. The molecule has 0 aromatic carbocycles. The Bertz CT molecular complexity index is 618. The van der Waals surface area contributed by atoms with Gasteiger partial charge in [-0.3, -0.25) is 4.79 Å². The third kappa shape index (κ3) is 4.26. The summed E-state index contributed by atoms with van der Waals surface area (Å²) in [7, 11) is 0. The monoisotopic (exact) mass is 377 g/mol. The van der Waals surface area contributed by atoms with E-state index in [4.69, 9.17) is 10.2 Å². The van der Waals surface area contributed by atoms with Crippen molar-refractivity contribution in [3.8, 4) is 10.6 Å². The average molecular weight is 378 g/mol. The summed E-state index contributed by atoms with van der Waals surface area (Å²) >= 11 is 1.46. The van der Waals surface area contributed by atoms with Gasteiger partial charge in [-0.1, -0.05) is 6.92 Å². The minimum Gasteiger partial charge on any atom is -0.472 e. The van der Waals surface area contributed by atoms with Gasteiger partial charge in [0.2, 0.25) is 0 Å². The van der Waals surface area contributed by atoms with Gasteiger partial charge in [-0.15, -0.1) is 36.2 Å². The molecule has 2 N–H and O–H groups in total. The van der Waals surface area contributed by atoms with Crippen molar-refractivity contribution < 1.29 is 9.21 Å². The van der Waals surface area contributed by atoms with Crippen molar-refractivity contribution >= 4 is 42.1 Å². The summed E-state index contributed by atoms with van der Waals surface area (Å²) in [6.45, 7) is 3.49. The molecule has 1 aliphatic rings. The number of piperidine rings is 1. The minimum absolute atomic E-state index is 0. The maximum Gasteiger partial charge on any atom is 0.273 e. The molecule has 23 heavy (non-hydrogen) atoms. The molecule has 3 rings (SSSR count). The molecule has 1 aliphatic heterocycles. The fourth-order valence-electron chi connectivity index (χ4n) is 2.78. The van der Waals surface area contributed by atoms with E-state index in [0.29, 0.717) is 18.2 Å². The van der Waals surface area contributed by atoms with Crippen LogP contribution in [0.3, 0.4) is 0 Å². The Balaban J connectivity index is 0.00000132. The van der Waals surface area contributed by atoms with E-state index in [-0.39, 0.29) is 36.8 Å². The van der Waals surface area contributed by atoms with E-state index in [1.807, 2.05) is 16.3 Å². The Morgan fingerprint density at radius 3 is 2.96 bits per heavy atom. The highest BCUT2D eigenvalue weighted by atomic mass is 35.5. The quantitative estimate of drug-likeness (QED) is 0.888. The second-order valence-corrected chi connectivity index (χ2v) is 6.43. The Hall–Kier alpha value is -1.08. The van der Waals surface area contributed by atoms with Crippen molar-refractivity contribution in [2.24, 2.45) is 11.7 Å². The van der Waals surface area contributed by atoms with Crippen LogP contribution in [0.5, 0.6) is 0 Å². The number of nitrogens with zero attached hydrogens (tertiary/aromatic N) is 2. The highest BCUT2D eigenvalue weighted by Crippen LogP contribution is 2.27. The molecule has 2 aromatic heterocycles. The van der Waals surface area contributed by atoms with Crippen LogP contribution in [-0.4, -0.2) is 34.9 Å². The van der Waals surface area contributed by atoms with Crippen LogP contribution in [-0.2, 0) is 0 Å². The SMILES string of the molecule is CC1CCN(C(=O)c2csc(-c3ccoc3)n2)C(CN)C1.Cl.Cl. The molecule has 0 bridgehead atoms. The molecule has 8 heteroatoms. The Labute approximate surface area is 152 Å². The van der Waals surface area contributed by atoms with Gasteiger partial charge >= 0.3 is 0 Å². The van der Waals surface area contributed by atoms with Crippen molar-refractivity contribution in [3.63, 3.8) is 0 Å². The molecule has 0 spiro atoms. The minimum atomic E-state index is -0.0108. The third-order valence-electron chi connectivity index (χ3n) is 4.00. The zero-order valence-corrected chi connectivity index (χ0v) is 15.3. The Kier molecular flexibility index (Phi) is 7.54.